The van der Waals surface area contributed by atoms with Gasteiger partial charge in [-0.3, -0.25) is 0 Å². The van der Waals surface area contributed by atoms with Gasteiger partial charge in [-0.15, -0.1) is 0 Å². The number of aliphatic hydroxyl groups is 1. The summed E-state index contributed by atoms with van der Waals surface area (Å²) in [6.45, 7) is 4.02. The Bertz CT molecular complexity index is 595. The molecule has 0 aliphatic rings. The zero-order chi connectivity index (χ0) is 14.0. The maximum Gasteiger partial charge on any atom is 0.0841 e. The average Bonchev–Trinajstić information content (AvgIpc) is 2.36. The number of aryl methyl sites for hydroxylation is 2. The first kappa shape index (κ1) is 14.6. The number of hydrogen-bond donors (Lipinski definition) is 1. The van der Waals surface area contributed by atoms with Crippen molar-refractivity contribution in [2.24, 2.45) is 0 Å². The van der Waals surface area contributed by atoms with E-state index in [1.54, 1.807) is 0 Å². The summed E-state index contributed by atoms with van der Waals surface area (Å²) < 4.78 is 0.964. The van der Waals surface area contributed by atoms with Crippen molar-refractivity contribution >= 4 is 27.5 Å². The summed E-state index contributed by atoms with van der Waals surface area (Å²) in [6, 6.07) is 11.8. The van der Waals surface area contributed by atoms with Gasteiger partial charge in [-0.1, -0.05) is 57.9 Å². The molecule has 3 heteroatoms. The Balaban J connectivity index is 2.25. The third-order valence-electron chi connectivity index (χ3n) is 3.20. The first-order chi connectivity index (χ1) is 8.99. The number of benzene rings is 2. The van der Waals surface area contributed by atoms with E-state index in [2.05, 4.69) is 15.9 Å². The zero-order valence-electron chi connectivity index (χ0n) is 11.0. The van der Waals surface area contributed by atoms with Gasteiger partial charge in [-0.25, -0.2) is 0 Å². The lowest BCUT2D eigenvalue weighted by Gasteiger charge is -2.15. The summed E-state index contributed by atoms with van der Waals surface area (Å²) in [5, 5.41) is 11.1. The molecule has 0 aromatic heterocycles. The predicted octanol–water partition coefficient (Wildman–Crippen LogP) is 5.00. The van der Waals surface area contributed by atoms with Gasteiger partial charge in [0.05, 0.1) is 6.10 Å². The third-order valence-corrected chi connectivity index (χ3v) is 4.64. The maximum absolute atomic E-state index is 10.4. The molecule has 2 aromatic carbocycles. The molecule has 1 N–H and O–H groups in total. The fourth-order valence-electron chi connectivity index (χ4n) is 2.06. The minimum Gasteiger partial charge on any atom is -0.388 e. The van der Waals surface area contributed by atoms with Crippen LogP contribution >= 0.6 is 27.5 Å². The molecule has 100 valence electrons. The van der Waals surface area contributed by atoms with Crippen molar-refractivity contribution in [2.75, 3.05) is 0 Å². The van der Waals surface area contributed by atoms with E-state index >= 15 is 0 Å². The standard InChI is InChI=1S/C16H16BrClO/c1-10-6-7-12(14(18)8-10)9-15(19)13-5-3-4-11(2)16(13)17/h3-8,15,19H,9H2,1-2H3. The monoisotopic (exact) mass is 338 g/mol. The molecule has 0 saturated heterocycles. The van der Waals surface area contributed by atoms with E-state index in [-0.39, 0.29) is 0 Å². The molecule has 19 heavy (non-hydrogen) atoms. The molecule has 0 saturated carbocycles. The van der Waals surface area contributed by atoms with E-state index in [1.165, 1.54) is 0 Å². The Hall–Kier alpha value is -0.830. The van der Waals surface area contributed by atoms with Crippen LogP contribution in [0.25, 0.3) is 0 Å². The van der Waals surface area contributed by atoms with Gasteiger partial charge in [0.2, 0.25) is 0 Å². The van der Waals surface area contributed by atoms with E-state index in [4.69, 9.17) is 11.6 Å². The van der Waals surface area contributed by atoms with Gasteiger partial charge in [0.15, 0.2) is 0 Å². The van der Waals surface area contributed by atoms with E-state index < -0.39 is 6.10 Å². The minimum absolute atomic E-state index is 0.515. The lowest BCUT2D eigenvalue weighted by atomic mass is 9.99. The van der Waals surface area contributed by atoms with E-state index in [0.717, 1.165) is 26.7 Å². The predicted molar refractivity (Wildman–Crippen MR) is 83.7 cm³/mol. The smallest absolute Gasteiger partial charge is 0.0841 e. The molecule has 0 fully saturated rings. The summed E-state index contributed by atoms with van der Waals surface area (Å²) in [7, 11) is 0. The fraction of sp³-hybridized carbons (Fsp3) is 0.250. The fourth-order valence-corrected chi connectivity index (χ4v) is 2.90. The summed E-state index contributed by atoms with van der Waals surface area (Å²) in [5.74, 6) is 0. The highest BCUT2D eigenvalue weighted by molar-refractivity contribution is 9.10. The van der Waals surface area contributed by atoms with Crippen LogP contribution in [-0.2, 0) is 6.42 Å². The molecule has 1 nitrogen and oxygen atoms in total. The molecule has 0 bridgehead atoms. The van der Waals surface area contributed by atoms with Crippen LogP contribution in [0, 0.1) is 13.8 Å². The molecular formula is C16H16BrClO. The van der Waals surface area contributed by atoms with Crippen molar-refractivity contribution in [3.05, 3.63) is 68.1 Å². The molecule has 0 aliphatic heterocycles. The largest absolute Gasteiger partial charge is 0.388 e. The van der Waals surface area contributed by atoms with Gasteiger partial charge >= 0.3 is 0 Å². The number of aliphatic hydroxyl groups excluding tert-OH is 1. The quantitative estimate of drug-likeness (QED) is 0.834. The Morgan fingerprint density at radius 3 is 2.63 bits per heavy atom. The minimum atomic E-state index is -0.561. The first-order valence-corrected chi connectivity index (χ1v) is 7.34. The summed E-state index contributed by atoms with van der Waals surface area (Å²) in [4.78, 5) is 0. The van der Waals surface area contributed by atoms with E-state index in [1.807, 2.05) is 50.2 Å². The van der Waals surface area contributed by atoms with Crippen LogP contribution in [0.3, 0.4) is 0 Å². The van der Waals surface area contributed by atoms with Crippen molar-refractivity contribution in [2.45, 2.75) is 26.4 Å². The lowest BCUT2D eigenvalue weighted by molar-refractivity contribution is 0.177. The Labute approximate surface area is 127 Å². The Morgan fingerprint density at radius 1 is 1.21 bits per heavy atom. The summed E-state index contributed by atoms with van der Waals surface area (Å²) in [6.07, 6.45) is -0.0456. The van der Waals surface area contributed by atoms with Gasteiger partial charge in [-0.2, -0.15) is 0 Å². The highest BCUT2D eigenvalue weighted by Crippen LogP contribution is 2.30. The molecule has 0 aliphatic carbocycles. The highest BCUT2D eigenvalue weighted by atomic mass is 79.9. The molecule has 0 spiro atoms. The van der Waals surface area contributed by atoms with Gasteiger partial charge in [-0.05, 0) is 42.2 Å². The Kier molecular flexibility index (Phi) is 4.67. The van der Waals surface area contributed by atoms with Crippen LogP contribution < -0.4 is 0 Å². The number of rotatable bonds is 3. The van der Waals surface area contributed by atoms with Crippen molar-refractivity contribution in [3.8, 4) is 0 Å². The van der Waals surface area contributed by atoms with Gasteiger partial charge in [0.1, 0.15) is 0 Å². The molecule has 0 amide bonds. The van der Waals surface area contributed by atoms with Crippen molar-refractivity contribution in [1.82, 2.24) is 0 Å². The summed E-state index contributed by atoms with van der Waals surface area (Å²) in [5.41, 5.74) is 4.11. The second kappa shape index (κ2) is 6.08. The molecule has 1 atom stereocenters. The van der Waals surface area contributed by atoms with Crippen LogP contribution in [0.15, 0.2) is 40.9 Å². The SMILES string of the molecule is Cc1ccc(CC(O)c2cccc(C)c2Br)c(Cl)c1. The van der Waals surface area contributed by atoms with Crippen LogP contribution in [0.4, 0.5) is 0 Å². The second-order valence-corrected chi connectivity index (χ2v) is 5.99. The van der Waals surface area contributed by atoms with Crippen LogP contribution in [0.2, 0.25) is 5.02 Å². The van der Waals surface area contributed by atoms with Crippen LogP contribution in [0.5, 0.6) is 0 Å². The van der Waals surface area contributed by atoms with Crippen LogP contribution in [0.1, 0.15) is 28.4 Å². The first-order valence-electron chi connectivity index (χ1n) is 6.17. The van der Waals surface area contributed by atoms with Gasteiger partial charge < -0.3 is 5.11 Å². The lowest BCUT2D eigenvalue weighted by Crippen LogP contribution is -2.04. The topological polar surface area (TPSA) is 20.2 Å². The van der Waals surface area contributed by atoms with Gasteiger partial charge in [0, 0.05) is 15.9 Å². The van der Waals surface area contributed by atoms with Gasteiger partial charge in [0.25, 0.3) is 0 Å². The molecule has 2 aromatic rings. The number of halogens is 2. The molecule has 0 heterocycles. The Morgan fingerprint density at radius 2 is 1.95 bits per heavy atom. The van der Waals surface area contributed by atoms with E-state index in [9.17, 15) is 5.11 Å². The highest BCUT2D eigenvalue weighted by Gasteiger charge is 2.14. The second-order valence-electron chi connectivity index (χ2n) is 4.79. The average molecular weight is 340 g/mol. The third kappa shape index (κ3) is 3.38. The number of hydrogen-bond acceptors (Lipinski definition) is 1. The zero-order valence-corrected chi connectivity index (χ0v) is 13.3. The van der Waals surface area contributed by atoms with Crippen LogP contribution in [-0.4, -0.2) is 5.11 Å². The normalized spacial score (nSPS) is 12.5. The molecular weight excluding hydrogens is 324 g/mol. The maximum atomic E-state index is 10.4. The molecule has 0 radical (unpaired) electrons. The van der Waals surface area contributed by atoms with E-state index in [0.29, 0.717) is 11.4 Å². The molecule has 2 rings (SSSR count). The summed E-state index contributed by atoms with van der Waals surface area (Å²) >= 11 is 9.74. The van der Waals surface area contributed by atoms with Crippen molar-refractivity contribution in [1.29, 1.82) is 0 Å². The van der Waals surface area contributed by atoms with Crippen molar-refractivity contribution in [3.63, 3.8) is 0 Å². The molecule has 1 unspecified atom stereocenters. The van der Waals surface area contributed by atoms with Crippen molar-refractivity contribution < 1.29 is 5.11 Å².